The Hall–Kier alpha value is -2.77. The first-order chi connectivity index (χ1) is 12.4. The molecule has 1 aliphatic heterocycles. The van der Waals surface area contributed by atoms with Gasteiger partial charge in [0.2, 0.25) is 5.91 Å². The lowest BCUT2D eigenvalue weighted by atomic mass is 10.2. The van der Waals surface area contributed by atoms with Crippen molar-refractivity contribution in [2.24, 2.45) is 0 Å². The average molecular weight is 361 g/mol. The Morgan fingerprint density at radius 3 is 2.35 bits per heavy atom. The smallest absolute Gasteiger partial charge is 0.334 e. The average Bonchev–Trinajstić information content (AvgIpc) is 3.20. The van der Waals surface area contributed by atoms with Crippen LogP contribution in [-0.2, 0) is 20.9 Å². The molecule has 1 saturated carbocycles. The summed E-state index contributed by atoms with van der Waals surface area (Å²) in [5.41, 5.74) is 0.713. The van der Waals surface area contributed by atoms with Gasteiger partial charge in [-0.3, -0.25) is 19.3 Å². The Balaban J connectivity index is 1.64. The van der Waals surface area contributed by atoms with Gasteiger partial charge in [0.25, 0.3) is 0 Å². The van der Waals surface area contributed by atoms with Crippen LogP contribution in [0.15, 0.2) is 24.3 Å². The quantitative estimate of drug-likeness (QED) is 0.588. The van der Waals surface area contributed by atoms with E-state index in [9.17, 15) is 23.6 Å². The molecule has 3 rings (SSSR count). The molecule has 0 N–H and O–H groups in total. The van der Waals surface area contributed by atoms with E-state index in [1.807, 2.05) is 0 Å². The van der Waals surface area contributed by atoms with E-state index in [2.05, 4.69) is 0 Å². The van der Waals surface area contributed by atoms with Crippen LogP contribution in [0.4, 0.5) is 9.18 Å². The van der Waals surface area contributed by atoms with Crippen LogP contribution < -0.4 is 0 Å². The Kier molecular flexibility index (Phi) is 5.01. The zero-order valence-electron chi connectivity index (χ0n) is 14.5. The van der Waals surface area contributed by atoms with Crippen molar-refractivity contribution in [2.45, 2.75) is 38.3 Å². The largest absolute Gasteiger partial charge is 0.340 e. The zero-order chi connectivity index (χ0) is 18.8. The summed E-state index contributed by atoms with van der Waals surface area (Å²) in [7, 11) is 1.52. The third-order valence-electron chi connectivity index (χ3n) is 4.83. The number of rotatable bonds is 5. The maximum Gasteiger partial charge on any atom is 0.334 e. The number of amides is 5. The number of likely N-dealkylation sites (N-methyl/N-ethyl adjacent to an activating group) is 1. The van der Waals surface area contributed by atoms with Crippen LogP contribution in [0.25, 0.3) is 0 Å². The number of urea groups is 1. The van der Waals surface area contributed by atoms with Crippen LogP contribution in [0.3, 0.4) is 0 Å². The second-order valence-corrected chi connectivity index (χ2v) is 6.66. The molecule has 138 valence electrons. The first-order valence-electron chi connectivity index (χ1n) is 8.56. The lowest BCUT2D eigenvalue weighted by Gasteiger charge is -2.22. The summed E-state index contributed by atoms with van der Waals surface area (Å²) in [5.74, 6) is -2.65. The Labute approximate surface area is 150 Å². The topological polar surface area (TPSA) is 78.0 Å². The van der Waals surface area contributed by atoms with Gasteiger partial charge in [0.05, 0.1) is 0 Å². The second kappa shape index (κ2) is 7.23. The normalized spacial score (nSPS) is 18.2. The number of imide groups is 2. The maximum atomic E-state index is 12.9. The summed E-state index contributed by atoms with van der Waals surface area (Å²) < 4.78 is 12.9. The zero-order valence-corrected chi connectivity index (χ0v) is 14.5. The van der Waals surface area contributed by atoms with E-state index in [-0.39, 0.29) is 18.4 Å². The summed E-state index contributed by atoms with van der Waals surface area (Å²) >= 11 is 0. The molecule has 26 heavy (non-hydrogen) atoms. The summed E-state index contributed by atoms with van der Waals surface area (Å²) in [6.45, 7) is -0.278. The molecule has 2 fully saturated rings. The number of benzene rings is 1. The van der Waals surface area contributed by atoms with Crippen LogP contribution in [0.1, 0.15) is 31.2 Å². The molecule has 0 radical (unpaired) electrons. The van der Waals surface area contributed by atoms with E-state index in [4.69, 9.17) is 0 Å². The van der Waals surface area contributed by atoms with E-state index in [1.54, 1.807) is 12.1 Å². The highest BCUT2D eigenvalue weighted by Crippen LogP contribution is 2.27. The molecule has 1 aromatic rings. The van der Waals surface area contributed by atoms with Crippen LogP contribution in [0.5, 0.6) is 0 Å². The highest BCUT2D eigenvalue weighted by molar-refractivity contribution is 6.45. The summed E-state index contributed by atoms with van der Waals surface area (Å²) in [6, 6.07) is 4.72. The van der Waals surface area contributed by atoms with E-state index < -0.39 is 30.3 Å². The van der Waals surface area contributed by atoms with Gasteiger partial charge < -0.3 is 4.90 Å². The molecule has 0 spiro atoms. The van der Waals surface area contributed by atoms with Crippen molar-refractivity contribution in [1.82, 2.24) is 14.7 Å². The number of hydrogen-bond donors (Lipinski definition) is 0. The Morgan fingerprint density at radius 2 is 1.73 bits per heavy atom. The predicted octanol–water partition coefficient (Wildman–Crippen LogP) is 1.52. The predicted molar refractivity (Wildman–Crippen MR) is 89.1 cm³/mol. The minimum Gasteiger partial charge on any atom is -0.340 e. The summed E-state index contributed by atoms with van der Waals surface area (Å²) in [6.07, 6.45) is 3.21. The molecule has 2 aliphatic rings. The van der Waals surface area contributed by atoms with Gasteiger partial charge >= 0.3 is 17.8 Å². The highest BCUT2D eigenvalue weighted by Gasteiger charge is 2.48. The lowest BCUT2D eigenvalue weighted by Crippen LogP contribution is -2.43. The molecule has 0 atom stereocenters. The van der Waals surface area contributed by atoms with Gasteiger partial charge in [-0.05, 0) is 30.5 Å². The standard InChI is InChI=1S/C18H20FN3O4/c1-20(10-12-6-8-13(19)9-7-12)15(23)11-21-16(24)17(25)22(18(21)26)14-4-2-3-5-14/h6-9,14H,2-5,10-11H2,1H3. The Bertz CT molecular complexity index is 743. The number of halogens is 1. The molecule has 0 aromatic heterocycles. The molecular weight excluding hydrogens is 341 g/mol. The molecule has 5 amide bonds. The minimum atomic E-state index is -0.953. The fourth-order valence-corrected chi connectivity index (χ4v) is 3.35. The SMILES string of the molecule is CN(Cc1ccc(F)cc1)C(=O)CN1C(=O)C(=O)N(C2CCCC2)C1=O. The van der Waals surface area contributed by atoms with Gasteiger partial charge in [0.1, 0.15) is 12.4 Å². The third-order valence-corrected chi connectivity index (χ3v) is 4.83. The maximum absolute atomic E-state index is 12.9. The molecule has 0 unspecified atom stereocenters. The molecule has 8 heteroatoms. The van der Waals surface area contributed by atoms with Crippen LogP contribution in [-0.4, -0.2) is 58.1 Å². The van der Waals surface area contributed by atoms with Gasteiger partial charge in [0, 0.05) is 19.6 Å². The van der Waals surface area contributed by atoms with E-state index in [0.29, 0.717) is 23.3 Å². The van der Waals surface area contributed by atoms with Crippen LogP contribution >= 0.6 is 0 Å². The number of carbonyl (C=O) groups excluding carboxylic acids is 4. The van der Waals surface area contributed by atoms with Crippen molar-refractivity contribution < 1.29 is 23.6 Å². The second-order valence-electron chi connectivity index (χ2n) is 6.66. The number of hydrogen-bond acceptors (Lipinski definition) is 4. The molecule has 1 saturated heterocycles. The van der Waals surface area contributed by atoms with Crippen molar-refractivity contribution >= 4 is 23.8 Å². The fraction of sp³-hybridized carbons (Fsp3) is 0.444. The number of carbonyl (C=O) groups is 4. The van der Waals surface area contributed by atoms with Crippen molar-refractivity contribution in [2.75, 3.05) is 13.6 Å². The van der Waals surface area contributed by atoms with Crippen LogP contribution in [0.2, 0.25) is 0 Å². The highest BCUT2D eigenvalue weighted by atomic mass is 19.1. The third kappa shape index (κ3) is 3.44. The van der Waals surface area contributed by atoms with E-state index in [1.165, 1.54) is 24.1 Å². The van der Waals surface area contributed by atoms with Gasteiger partial charge in [0.15, 0.2) is 0 Å². The molecule has 1 aliphatic carbocycles. The van der Waals surface area contributed by atoms with Crippen molar-refractivity contribution in [3.63, 3.8) is 0 Å². The van der Waals surface area contributed by atoms with Crippen molar-refractivity contribution in [1.29, 1.82) is 0 Å². The van der Waals surface area contributed by atoms with Gasteiger partial charge in [-0.15, -0.1) is 0 Å². The summed E-state index contributed by atoms with van der Waals surface area (Å²) in [5, 5.41) is 0. The first-order valence-corrected chi connectivity index (χ1v) is 8.56. The molecule has 1 heterocycles. The van der Waals surface area contributed by atoms with E-state index in [0.717, 1.165) is 17.7 Å². The van der Waals surface area contributed by atoms with Gasteiger partial charge in [-0.1, -0.05) is 25.0 Å². The first kappa shape index (κ1) is 18.0. The van der Waals surface area contributed by atoms with E-state index >= 15 is 0 Å². The van der Waals surface area contributed by atoms with Crippen molar-refractivity contribution in [3.05, 3.63) is 35.6 Å². The van der Waals surface area contributed by atoms with Gasteiger partial charge in [-0.2, -0.15) is 0 Å². The summed E-state index contributed by atoms with van der Waals surface area (Å²) in [4.78, 5) is 52.2. The molecule has 7 nitrogen and oxygen atoms in total. The van der Waals surface area contributed by atoms with Crippen molar-refractivity contribution in [3.8, 4) is 0 Å². The van der Waals surface area contributed by atoms with Gasteiger partial charge in [-0.25, -0.2) is 14.1 Å². The molecule has 0 bridgehead atoms. The van der Waals surface area contributed by atoms with Crippen LogP contribution in [0, 0.1) is 5.82 Å². The monoisotopic (exact) mass is 361 g/mol. The fourth-order valence-electron chi connectivity index (χ4n) is 3.35. The minimum absolute atomic E-state index is 0.204. The Morgan fingerprint density at radius 1 is 1.12 bits per heavy atom. The number of nitrogens with zero attached hydrogens (tertiary/aromatic N) is 3. The molecule has 1 aromatic carbocycles. The molecular formula is C18H20FN3O4. The lowest BCUT2D eigenvalue weighted by molar-refractivity contribution is -0.145.